The minimum Gasteiger partial charge on any atom is -0.490 e. The first-order chi connectivity index (χ1) is 9.54. The van der Waals surface area contributed by atoms with Crippen LogP contribution in [0.2, 0.25) is 0 Å². The molecule has 0 aliphatic heterocycles. The van der Waals surface area contributed by atoms with Gasteiger partial charge in [-0.25, -0.2) is 9.18 Å². The molecule has 1 aromatic rings. The molecular weight excluding hydrogens is 269 g/mol. The molecule has 20 heavy (non-hydrogen) atoms. The van der Waals surface area contributed by atoms with Crippen LogP contribution < -0.4 is 10.1 Å². The second-order valence-corrected chi connectivity index (χ2v) is 3.90. The lowest BCUT2D eigenvalue weighted by molar-refractivity contribution is -0.148. The molecule has 7 heteroatoms. The summed E-state index contributed by atoms with van der Waals surface area (Å²) >= 11 is 0. The maximum atomic E-state index is 13.2. The fourth-order valence-electron chi connectivity index (χ4n) is 1.38. The Bertz CT molecular complexity index is 466. The average Bonchev–Trinajstić information content (AvgIpc) is 2.41. The minimum atomic E-state index is -1.16. The topological polar surface area (TPSA) is 84.9 Å². The molecule has 1 rings (SSSR count). The summed E-state index contributed by atoms with van der Waals surface area (Å²) in [6.45, 7) is -0.137. The molecule has 0 fully saturated rings. The van der Waals surface area contributed by atoms with Gasteiger partial charge in [0.1, 0.15) is 0 Å². The number of amides is 1. The van der Waals surface area contributed by atoms with Gasteiger partial charge >= 0.3 is 5.97 Å². The lowest BCUT2D eigenvalue weighted by Crippen LogP contribution is -2.38. The number of methoxy groups -OCH3 is 1. The highest BCUT2D eigenvalue weighted by molar-refractivity contribution is 5.78. The molecular formula is C13H16FNO5. The summed E-state index contributed by atoms with van der Waals surface area (Å²) in [5.74, 6) is -1.99. The Morgan fingerprint density at radius 1 is 1.40 bits per heavy atom. The molecule has 0 heterocycles. The predicted molar refractivity (Wildman–Crippen MR) is 68.0 cm³/mol. The number of rotatable bonds is 8. The largest absolute Gasteiger partial charge is 0.490 e. The fraction of sp³-hybridized carbons (Fsp3) is 0.385. The number of carboxylic acid groups (broad SMARTS) is 1. The third-order valence-corrected chi connectivity index (χ3v) is 2.47. The Hall–Kier alpha value is -2.15. The molecule has 0 saturated carbocycles. The summed E-state index contributed by atoms with van der Waals surface area (Å²) < 4.78 is 23.0. The van der Waals surface area contributed by atoms with E-state index in [1.807, 2.05) is 0 Å². The van der Waals surface area contributed by atoms with Gasteiger partial charge in [-0.3, -0.25) is 4.79 Å². The second kappa shape index (κ2) is 8.11. The van der Waals surface area contributed by atoms with Gasteiger partial charge in [-0.1, -0.05) is 12.1 Å². The highest BCUT2D eigenvalue weighted by atomic mass is 19.1. The van der Waals surface area contributed by atoms with Gasteiger partial charge in [-0.2, -0.15) is 0 Å². The van der Waals surface area contributed by atoms with Crippen molar-refractivity contribution in [3.63, 3.8) is 0 Å². The minimum absolute atomic E-state index is 0.00249. The van der Waals surface area contributed by atoms with E-state index in [0.717, 1.165) is 0 Å². The number of benzene rings is 1. The zero-order valence-corrected chi connectivity index (χ0v) is 11.0. The molecule has 0 saturated heterocycles. The summed E-state index contributed by atoms with van der Waals surface area (Å²) in [5.41, 5.74) is 0. The molecule has 0 aromatic heterocycles. The van der Waals surface area contributed by atoms with Crippen LogP contribution in [-0.4, -0.2) is 43.3 Å². The van der Waals surface area contributed by atoms with Gasteiger partial charge in [0, 0.05) is 7.11 Å². The predicted octanol–water partition coefficient (Wildman–Crippen LogP) is 0.810. The van der Waals surface area contributed by atoms with Crippen LogP contribution >= 0.6 is 0 Å². The van der Waals surface area contributed by atoms with Crippen molar-refractivity contribution in [2.45, 2.75) is 12.5 Å². The van der Waals surface area contributed by atoms with Gasteiger partial charge in [0.15, 0.2) is 17.7 Å². The van der Waals surface area contributed by atoms with E-state index in [4.69, 9.17) is 9.84 Å². The van der Waals surface area contributed by atoms with E-state index in [-0.39, 0.29) is 25.3 Å². The van der Waals surface area contributed by atoms with Crippen molar-refractivity contribution in [3.05, 3.63) is 30.1 Å². The molecule has 2 N–H and O–H groups in total. The Morgan fingerprint density at radius 2 is 2.10 bits per heavy atom. The second-order valence-electron chi connectivity index (χ2n) is 3.90. The van der Waals surface area contributed by atoms with E-state index >= 15 is 0 Å². The van der Waals surface area contributed by atoms with E-state index in [1.165, 1.54) is 25.3 Å². The van der Waals surface area contributed by atoms with E-state index in [9.17, 15) is 14.0 Å². The maximum absolute atomic E-state index is 13.2. The van der Waals surface area contributed by atoms with Crippen LogP contribution in [0.1, 0.15) is 6.42 Å². The lowest BCUT2D eigenvalue weighted by atomic mass is 10.3. The molecule has 0 radical (unpaired) electrons. The quantitative estimate of drug-likeness (QED) is 0.738. The summed E-state index contributed by atoms with van der Waals surface area (Å²) in [6.07, 6.45) is -1.10. The van der Waals surface area contributed by atoms with Gasteiger partial charge < -0.3 is 19.9 Å². The highest BCUT2D eigenvalue weighted by Crippen LogP contribution is 2.15. The Balaban J connectivity index is 2.27. The molecule has 1 unspecified atom stereocenters. The first kappa shape index (κ1) is 15.9. The summed E-state index contributed by atoms with van der Waals surface area (Å²) in [7, 11) is 1.24. The van der Waals surface area contributed by atoms with Gasteiger partial charge in [-0.05, 0) is 12.1 Å². The Morgan fingerprint density at radius 3 is 2.70 bits per heavy atom. The van der Waals surface area contributed by atoms with E-state index < -0.39 is 23.8 Å². The number of carbonyl (C=O) groups excluding carboxylic acids is 1. The highest BCUT2D eigenvalue weighted by Gasteiger charge is 2.17. The van der Waals surface area contributed by atoms with Crippen LogP contribution in [0.5, 0.6) is 5.75 Å². The van der Waals surface area contributed by atoms with Crippen molar-refractivity contribution in [3.8, 4) is 5.75 Å². The molecule has 0 aliphatic carbocycles. The average molecular weight is 285 g/mol. The van der Waals surface area contributed by atoms with Crippen molar-refractivity contribution < 1.29 is 28.6 Å². The van der Waals surface area contributed by atoms with Crippen molar-refractivity contribution >= 4 is 11.9 Å². The third-order valence-electron chi connectivity index (χ3n) is 2.47. The smallest absolute Gasteiger partial charge is 0.334 e. The van der Waals surface area contributed by atoms with Gasteiger partial charge in [0.25, 0.3) is 0 Å². The van der Waals surface area contributed by atoms with Gasteiger partial charge in [0.2, 0.25) is 5.91 Å². The Labute approximate surface area is 115 Å². The van der Waals surface area contributed by atoms with E-state index in [0.29, 0.717) is 0 Å². The normalized spacial score (nSPS) is 11.7. The first-order valence-corrected chi connectivity index (χ1v) is 5.94. The number of nitrogens with one attached hydrogen (secondary N) is 1. The van der Waals surface area contributed by atoms with Gasteiger partial charge in [-0.15, -0.1) is 0 Å². The summed E-state index contributed by atoms with van der Waals surface area (Å²) in [6, 6.07) is 5.87. The number of aliphatic carboxylic acids is 1. The van der Waals surface area contributed by atoms with Crippen LogP contribution in [0.3, 0.4) is 0 Å². The molecule has 0 spiro atoms. The summed E-state index contributed by atoms with van der Waals surface area (Å²) in [4.78, 5) is 22.1. The van der Waals surface area contributed by atoms with Crippen LogP contribution in [-0.2, 0) is 14.3 Å². The zero-order chi connectivity index (χ0) is 15.0. The maximum Gasteiger partial charge on any atom is 0.334 e. The Kier molecular flexibility index (Phi) is 6.45. The van der Waals surface area contributed by atoms with Crippen LogP contribution in [0.4, 0.5) is 4.39 Å². The van der Waals surface area contributed by atoms with E-state index in [2.05, 4.69) is 10.1 Å². The number of halogens is 1. The van der Waals surface area contributed by atoms with Crippen molar-refractivity contribution in [1.29, 1.82) is 0 Å². The molecule has 1 atom stereocenters. The fourth-order valence-corrected chi connectivity index (χ4v) is 1.38. The molecule has 1 aromatic carbocycles. The van der Waals surface area contributed by atoms with E-state index in [1.54, 1.807) is 6.07 Å². The van der Waals surface area contributed by atoms with Crippen molar-refractivity contribution in [2.24, 2.45) is 0 Å². The third kappa shape index (κ3) is 5.23. The number of hydrogen-bond donors (Lipinski definition) is 2. The van der Waals surface area contributed by atoms with Crippen molar-refractivity contribution in [1.82, 2.24) is 5.32 Å². The number of carboxylic acids is 1. The lowest BCUT2D eigenvalue weighted by Gasteiger charge is -2.12. The molecule has 110 valence electrons. The number of para-hydroxylation sites is 1. The zero-order valence-electron chi connectivity index (χ0n) is 11.0. The number of carbonyl (C=O) groups is 2. The number of hydrogen-bond acceptors (Lipinski definition) is 4. The molecule has 6 nitrogen and oxygen atoms in total. The van der Waals surface area contributed by atoms with Crippen LogP contribution in [0, 0.1) is 5.82 Å². The molecule has 0 aliphatic rings. The van der Waals surface area contributed by atoms with Crippen LogP contribution in [0.25, 0.3) is 0 Å². The molecule has 1 amide bonds. The van der Waals surface area contributed by atoms with Gasteiger partial charge in [0.05, 0.1) is 19.6 Å². The standard InChI is InChI=1S/C13H16FNO5/c1-19-11(13(17)18)8-15-12(16)6-7-20-10-5-3-2-4-9(10)14/h2-5,11H,6-8H2,1H3,(H,15,16)(H,17,18). The molecule has 0 bridgehead atoms. The number of ether oxygens (including phenoxy) is 2. The van der Waals surface area contributed by atoms with Crippen molar-refractivity contribution in [2.75, 3.05) is 20.3 Å². The summed E-state index contributed by atoms with van der Waals surface area (Å²) in [5, 5.41) is 11.1. The van der Waals surface area contributed by atoms with Crippen LogP contribution in [0.15, 0.2) is 24.3 Å². The SMILES string of the molecule is COC(CNC(=O)CCOc1ccccc1F)C(=O)O. The first-order valence-electron chi connectivity index (χ1n) is 5.94. The monoisotopic (exact) mass is 285 g/mol.